The van der Waals surface area contributed by atoms with Crippen molar-refractivity contribution in [2.45, 2.75) is 0 Å². The van der Waals surface area contributed by atoms with E-state index < -0.39 is 0 Å². The van der Waals surface area contributed by atoms with Crippen LogP contribution in [-0.2, 0) is 4.79 Å². The molecule has 1 amide bonds. The average molecular weight is 294 g/mol. The zero-order chi connectivity index (χ0) is 11.4. The van der Waals surface area contributed by atoms with Crippen molar-refractivity contribution in [1.29, 1.82) is 0 Å². The number of pyridine rings is 1. The molecule has 0 fully saturated rings. The number of halogens is 2. The summed E-state index contributed by atoms with van der Waals surface area (Å²) < 4.78 is 5.83. The molecular weight excluding hydrogens is 283 g/mol. The van der Waals surface area contributed by atoms with Gasteiger partial charge in [0, 0.05) is 14.1 Å². The van der Waals surface area contributed by atoms with Gasteiger partial charge in [-0.25, -0.2) is 4.98 Å². The molecule has 0 aliphatic rings. The quantitative estimate of drug-likeness (QED) is 0.800. The molecule has 0 spiro atoms. The fourth-order valence-corrected chi connectivity index (χ4v) is 1.40. The van der Waals surface area contributed by atoms with Crippen molar-refractivity contribution >= 4 is 33.4 Å². The Morgan fingerprint density at radius 2 is 2.27 bits per heavy atom. The van der Waals surface area contributed by atoms with Crippen molar-refractivity contribution in [1.82, 2.24) is 9.88 Å². The summed E-state index contributed by atoms with van der Waals surface area (Å²) in [6.07, 6.45) is 0. The third kappa shape index (κ3) is 3.68. The summed E-state index contributed by atoms with van der Waals surface area (Å²) in [7, 11) is 3.32. The molecule has 0 saturated heterocycles. The molecule has 1 aromatic heterocycles. The number of carbonyl (C=O) groups is 1. The van der Waals surface area contributed by atoms with Gasteiger partial charge in [-0.3, -0.25) is 4.79 Å². The van der Waals surface area contributed by atoms with Crippen LogP contribution in [0.3, 0.4) is 0 Å². The maximum Gasteiger partial charge on any atom is 0.259 e. The molecule has 0 aliphatic carbocycles. The van der Waals surface area contributed by atoms with Gasteiger partial charge in [0.2, 0.25) is 0 Å². The monoisotopic (exact) mass is 292 g/mol. The van der Waals surface area contributed by atoms with Crippen molar-refractivity contribution < 1.29 is 9.53 Å². The molecule has 0 radical (unpaired) electrons. The molecule has 6 heteroatoms. The van der Waals surface area contributed by atoms with Crippen molar-refractivity contribution in [2.75, 3.05) is 20.7 Å². The van der Waals surface area contributed by atoms with Crippen LogP contribution in [0.5, 0.6) is 5.75 Å². The van der Waals surface area contributed by atoms with E-state index in [4.69, 9.17) is 16.3 Å². The highest BCUT2D eigenvalue weighted by Crippen LogP contribution is 2.23. The molecule has 82 valence electrons. The van der Waals surface area contributed by atoms with Gasteiger partial charge in [-0.2, -0.15) is 0 Å². The maximum absolute atomic E-state index is 11.2. The van der Waals surface area contributed by atoms with E-state index in [1.54, 1.807) is 26.2 Å². The van der Waals surface area contributed by atoms with Gasteiger partial charge in [0.05, 0.1) is 0 Å². The predicted molar refractivity (Wildman–Crippen MR) is 61.1 cm³/mol. The molecule has 1 heterocycles. The Bertz CT molecular complexity index is 371. The van der Waals surface area contributed by atoms with E-state index in [2.05, 4.69) is 20.9 Å². The fraction of sp³-hybridized carbons (Fsp3) is 0.333. The minimum atomic E-state index is -0.131. The highest BCUT2D eigenvalue weighted by molar-refractivity contribution is 9.10. The number of hydrogen-bond donors (Lipinski definition) is 0. The Hall–Kier alpha value is -0.810. The lowest BCUT2D eigenvalue weighted by Crippen LogP contribution is -2.27. The van der Waals surface area contributed by atoms with E-state index in [1.807, 2.05) is 0 Å². The zero-order valence-electron chi connectivity index (χ0n) is 8.33. The van der Waals surface area contributed by atoms with E-state index in [0.717, 1.165) is 0 Å². The smallest absolute Gasteiger partial charge is 0.259 e. The molecule has 0 saturated carbocycles. The Morgan fingerprint density at radius 1 is 1.60 bits per heavy atom. The Kier molecular flexibility index (Phi) is 4.35. The van der Waals surface area contributed by atoms with Crippen LogP contribution >= 0.6 is 27.5 Å². The summed E-state index contributed by atoms with van der Waals surface area (Å²) in [6, 6.07) is 3.35. The largest absolute Gasteiger partial charge is 0.481 e. The van der Waals surface area contributed by atoms with Gasteiger partial charge in [-0.1, -0.05) is 11.6 Å². The van der Waals surface area contributed by atoms with Gasteiger partial charge in [0.25, 0.3) is 5.91 Å². The minimum absolute atomic E-state index is 0.0456. The van der Waals surface area contributed by atoms with Crippen LogP contribution in [0.2, 0.25) is 5.15 Å². The number of nitrogens with zero attached hydrogens (tertiary/aromatic N) is 2. The second-order valence-electron chi connectivity index (χ2n) is 3.00. The van der Waals surface area contributed by atoms with E-state index in [1.165, 1.54) is 4.90 Å². The van der Waals surface area contributed by atoms with Crippen molar-refractivity contribution in [2.24, 2.45) is 0 Å². The van der Waals surface area contributed by atoms with Crippen LogP contribution in [0.15, 0.2) is 16.7 Å². The fourth-order valence-electron chi connectivity index (χ4n) is 0.776. The second-order valence-corrected chi connectivity index (χ2v) is 4.17. The lowest BCUT2D eigenvalue weighted by Gasteiger charge is -2.11. The molecule has 0 unspecified atom stereocenters. The van der Waals surface area contributed by atoms with Crippen molar-refractivity contribution in [3.05, 3.63) is 21.9 Å². The highest BCUT2D eigenvalue weighted by Gasteiger charge is 2.08. The number of carbonyl (C=O) groups excluding carboxylic acids is 1. The first kappa shape index (κ1) is 12.3. The first-order chi connectivity index (χ1) is 7.00. The third-order valence-corrected chi connectivity index (χ3v) is 2.34. The van der Waals surface area contributed by atoms with Crippen molar-refractivity contribution in [3.8, 4) is 5.75 Å². The van der Waals surface area contributed by atoms with Gasteiger partial charge in [-0.15, -0.1) is 0 Å². The van der Waals surface area contributed by atoms with Crippen molar-refractivity contribution in [3.63, 3.8) is 0 Å². The average Bonchev–Trinajstić information content (AvgIpc) is 2.15. The molecule has 0 N–H and O–H groups in total. The molecule has 0 atom stereocenters. The van der Waals surface area contributed by atoms with Gasteiger partial charge in [0.1, 0.15) is 4.60 Å². The van der Waals surface area contributed by atoms with Crippen LogP contribution < -0.4 is 4.74 Å². The van der Waals surface area contributed by atoms with Gasteiger partial charge < -0.3 is 9.64 Å². The Morgan fingerprint density at radius 3 is 2.80 bits per heavy atom. The summed E-state index contributed by atoms with van der Waals surface area (Å²) in [5.74, 6) is 0.268. The Balaban J connectivity index is 2.62. The zero-order valence-corrected chi connectivity index (χ0v) is 10.7. The first-order valence-corrected chi connectivity index (χ1v) is 5.33. The normalized spacial score (nSPS) is 9.87. The van der Waals surface area contributed by atoms with Crippen LogP contribution in [0.1, 0.15) is 0 Å². The highest BCUT2D eigenvalue weighted by atomic mass is 79.9. The lowest BCUT2D eigenvalue weighted by atomic mass is 10.4. The lowest BCUT2D eigenvalue weighted by molar-refractivity contribution is -0.130. The second kappa shape index (κ2) is 5.32. The summed E-state index contributed by atoms with van der Waals surface area (Å²) in [5, 5.41) is 0.232. The third-order valence-electron chi connectivity index (χ3n) is 1.63. The van der Waals surface area contributed by atoms with E-state index in [0.29, 0.717) is 10.4 Å². The molecular formula is C9H10BrClN2O2. The SMILES string of the molecule is CN(C)C(=O)COc1ccc(Br)nc1Cl. The summed E-state index contributed by atoms with van der Waals surface area (Å²) >= 11 is 8.97. The van der Waals surface area contributed by atoms with Gasteiger partial charge in [0.15, 0.2) is 17.5 Å². The minimum Gasteiger partial charge on any atom is -0.481 e. The standard InChI is InChI=1S/C9H10BrClN2O2/c1-13(2)8(14)5-15-6-3-4-7(10)12-9(6)11/h3-4H,5H2,1-2H3. The molecule has 15 heavy (non-hydrogen) atoms. The van der Waals surface area contributed by atoms with Crippen LogP contribution in [0.4, 0.5) is 0 Å². The molecule has 4 nitrogen and oxygen atoms in total. The number of hydrogen-bond acceptors (Lipinski definition) is 3. The number of rotatable bonds is 3. The molecule has 0 aliphatic heterocycles. The van der Waals surface area contributed by atoms with Crippen LogP contribution in [0.25, 0.3) is 0 Å². The van der Waals surface area contributed by atoms with Crippen LogP contribution in [0, 0.1) is 0 Å². The topological polar surface area (TPSA) is 42.4 Å². The number of likely N-dealkylation sites (N-methyl/N-ethyl adjacent to an activating group) is 1. The Labute approximate surface area is 101 Å². The number of aromatic nitrogens is 1. The van der Waals surface area contributed by atoms with E-state index in [9.17, 15) is 4.79 Å². The summed E-state index contributed by atoms with van der Waals surface area (Å²) in [6.45, 7) is -0.0456. The molecule has 1 rings (SSSR count). The van der Waals surface area contributed by atoms with E-state index >= 15 is 0 Å². The van der Waals surface area contributed by atoms with Gasteiger partial charge >= 0.3 is 0 Å². The van der Waals surface area contributed by atoms with Crippen LogP contribution in [-0.4, -0.2) is 36.5 Å². The summed E-state index contributed by atoms with van der Waals surface area (Å²) in [4.78, 5) is 16.6. The number of ether oxygens (including phenoxy) is 1. The van der Waals surface area contributed by atoms with E-state index in [-0.39, 0.29) is 17.7 Å². The first-order valence-electron chi connectivity index (χ1n) is 4.15. The summed E-state index contributed by atoms with van der Waals surface area (Å²) in [5.41, 5.74) is 0. The maximum atomic E-state index is 11.2. The number of amides is 1. The molecule has 0 aromatic carbocycles. The predicted octanol–water partition coefficient (Wildman–Crippen LogP) is 1.96. The molecule has 1 aromatic rings. The molecule has 0 bridgehead atoms. The van der Waals surface area contributed by atoms with Gasteiger partial charge in [-0.05, 0) is 28.1 Å².